The monoisotopic (exact) mass is 188 g/mol. The van der Waals surface area contributed by atoms with E-state index < -0.39 is 17.9 Å². The highest BCUT2D eigenvalue weighted by Crippen LogP contribution is 2.16. The quantitative estimate of drug-likeness (QED) is 0.652. The van der Waals surface area contributed by atoms with Crippen LogP contribution in [0.3, 0.4) is 0 Å². The number of rotatable bonds is 2. The van der Waals surface area contributed by atoms with Gasteiger partial charge in [-0.1, -0.05) is 0 Å². The van der Waals surface area contributed by atoms with Gasteiger partial charge in [0.1, 0.15) is 0 Å². The summed E-state index contributed by atoms with van der Waals surface area (Å²) < 4.78 is 10.1. The Bertz CT molecular complexity index is 177. The molecule has 0 aromatic carbocycles. The number of hydrogen-bond donors (Lipinski definition) is 1. The number of esters is 1. The molecular weight excluding hydrogens is 172 g/mol. The standard InChI is InChI=1S/C9H16O4/c1-9(2,11)8(10)13-7-5-3-4-6-12-7/h7,11H,3-6H2,1-2H3. The SMILES string of the molecule is CC(C)(O)C(=O)OC1CCCCO1. The van der Waals surface area contributed by atoms with Gasteiger partial charge in [-0.2, -0.15) is 0 Å². The molecule has 1 heterocycles. The lowest BCUT2D eigenvalue weighted by Crippen LogP contribution is -2.37. The zero-order valence-electron chi connectivity index (χ0n) is 8.08. The number of carbonyl (C=O) groups is 1. The number of hydrogen-bond acceptors (Lipinski definition) is 4. The molecule has 1 atom stereocenters. The Morgan fingerprint density at radius 1 is 1.54 bits per heavy atom. The molecule has 13 heavy (non-hydrogen) atoms. The molecule has 0 spiro atoms. The summed E-state index contributed by atoms with van der Waals surface area (Å²) in [5.41, 5.74) is -1.43. The first-order chi connectivity index (χ1) is 6.00. The van der Waals surface area contributed by atoms with E-state index in [1.165, 1.54) is 13.8 Å². The Labute approximate surface area is 77.8 Å². The first-order valence-corrected chi connectivity index (χ1v) is 4.55. The lowest BCUT2D eigenvalue weighted by Gasteiger charge is -2.25. The third-order valence-corrected chi connectivity index (χ3v) is 1.88. The van der Waals surface area contributed by atoms with Gasteiger partial charge in [-0.3, -0.25) is 0 Å². The minimum Gasteiger partial charge on any atom is -0.434 e. The average Bonchev–Trinajstić information content (AvgIpc) is 2.04. The van der Waals surface area contributed by atoms with Crippen LogP contribution in [-0.4, -0.2) is 29.6 Å². The Morgan fingerprint density at radius 2 is 2.23 bits per heavy atom. The molecule has 1 rings (SSSR count). The van der Waals surface area contributed by atoms with E-state index in [0.29, 0.717) is 6.61 Å². The largest absolute Gasteiger partial charge is 0.434 e. The summed E-state index contributed by atoms with van der Waals surface area (Å²) in [4.78, 5) is 11.2. The molecule has 0 bridgehead atoms. The summed E-state index contributed by atoms with van der Waals surface area (Å²) in [5, 5.41) is 9.29. The average molecular weight is 188 g/mol. The van der Waals surface area contributed by atoms with Crippen LogP contribution in [0.15, 0.2) is 0 Å². The van der Waals surface area contributed by atoms with Gasteiger partial charge in [0.2, 0.25) is 6.29 Å². The Morgan fingerprint density at radius 3 is 2.69 bits per heavy atom. The summed E-state index contributed by atoms with van der Waals surface area (Å²) >= 11 is 0. The van der Waals surface area contributed by atoms with Crippen LogP contribution >= 0.6 is 0 Å². The van der Waals surface area contributed by atoms with Crippen molar-refractivity contribution in [3.63, 3.8) is 0 Å². The minimum absolute atomic E-state index is 0.465. The van der Waals surface area contributed by atoms with Crippen molar-refractivity contribution in [1.29, 1.82) is 0 Å². The van der Waals surface area contributed by atoms with Crippen molar-refractivity contribution in [2.75, 3.05) is 6.61 Å². The first kappa shape index (κ1) is 10.5. The van der Waals surface area contributed by atoms with Crippen molar-refractivity contribution >= 4 is 5.97 Å². The van der Waals surface area contributed by atoms with Gasteiger partial charge in [-0.05, 0) is 26.7 Å². The molecule has 1 unspecified atom stereocenters. The zero-order chi connectivity index (χ0) is 9.90. The summed E-state index contributed by atoms with van der Waals surface area (Å²) in [6.45, 7) is 3.43. The molecule has 1 aliphatic heterocycles. The van der Waals surface area contributed by atoms with Crippen molar-refractivity contribution in [1.82, 2.24) is 0 Å². The molecule has 1 fully saturated rings. The fraction of sp³-hybridized carbons (Fsp3) is 0.889. The number of ether oxygens (including phenoxy) is 2. The fourth-order valence-electron chi connectivity index (χ4n) is 1.07. The minimum atomic E-state index is -1.43. The molecule has 4 nitrogen and oxygen atoms in total. The maximum atomic E-state index is 11.2. The molecule has 0 amide bonds. The van der Waals surface area contributed by atoms with Crippen molar-refractivity contribution < 1.29 is 19.4 Å². The zero-order valence-corrected chi connectivity index (χ0v) is 8.08. The van der Waals surface area contributed by atoms with Crippen LogP contribution in [0.5, 0.6) is 0 Å². The predicted molar refractivity (Wildman–Crippen MR) is 46.0 cm³/mol. The third kappa shape index (κ3) is 3.32. The number of aliphatic hydroxyl groups is 1. The molecule has 1 saturated heterocycles. The van der Waals surface area contributed by atoms with Crippen molar-refractivity contribution in [3.05, 3.63) is 0 Å². The number of carbonyl (C=O) groups excluding carboxylic acids is 1. The van der Waals surface area contributed by atoms with Crippen LogP contribution in [0.25, 0.3) is 0 Å². The van der Waals surface area contributed by atoms with E-state index in [1.54, 1.807) is 0 Å². The molecule has 4 heteroatoms. The van der Waals surface area contributed by atoms with Crippen molar-refractivity contribution in [2.45, 2.75) is 45.0 Å². The second kappa shape index (κ2) is 4.07. The summed E-state index contributed by atoms with van der Waals surface area (Å²) in [6.07, 6.45) is 2.27. The van der Waals surface area contributed by atoms with Gasteiger partial charge in [0.25, 0.3) is 0 Å². The fourth-order valence-corrected chi connectivity index (χ4v) is 1.07. The molecule has 0 saturated carbocycles. The topological polar surface area (TPSA) is 55.8 Å². The van der Waals surface area contributed by atoms with E-state index in [0.717, 1.165) is 19.3 Å². The molecule has 1 N–H and O–H groups in total. The summed E-state index contributed by atoms with van der Waals surface area (Å²) in [7, 11) is 0. The van der Waals surface area contributed by atoms with Crippen molar-refractivity contribution in [3.8, 4) is 0 Å². The predicted octanol–water partition coefficient (Wildman–Crippen LogP) is 0.827. The van der Waals surface area contributed by atoms with Gasteiger partial charge in [-0.25, -0.2) is 4.79 Å². The molecule has 0 radical (unpaired) electrons. The van der Waals surface area contributed by atoms with E-state index in [9.17, 15) is 9.90 Å². The Balaban J connectivity index is 2.35. The van der Waals surface area contributed by atoms with Gasteiger partial charge < -0.3 is 14.6 Å². The Kier molecular flexibility index (Phi) is 3.27. The van der Waals surface area contributed by atoms with Crippen LogP contribution in [0.2, 0.25) is 0 Å². The highest BCUT2D eigenvalue weighted by molar-refractivity contribution is 5.78. The van der Waals surface area contributed by atoms with Gasteiger partial charge in [-0.15, -0.1) is 0 Å². The molecule has 0 aromatic heterocycles. The lowest BCUT2D eigenvalue weighted by molar-refractivity contribution is -0.201. The van der Waals surface area contributed by atoms with Crippen LogP contribution in [0, 0.1) is 0 Å². The van der Waals surface area contributed by atoms with E-state index in [1.807, 2.05) is 0 Å². The highest BCUT2D eigenvalue weighted by Gasteiger charge is 2.29. The molecule has 76 valence electrons. The second-order valence-corrected chi connectivity index (χ2v) is 3.76. The summed E-state index contributed by atoms with van der Waals surface area (Å²) in [6, 6.07) is 0. The molecule has 0 aliphatic carbocycles. The van der Waals surface area contributed by atoms with Crippen LogP contribution in [-0.2, 0) is 14.3 Å². The van der Waals surface area contributed by atoms with Crippen LogP contribution in [0.4, 0.5) is 0 Å². The first-order valence-electron chi connectivity index (χ1n) is 4.55. The van der Waals surface area contributed by atoms with Gasteiger partial charge >= 0.3 is 5.97 Å². The molecular formula is C9H16O4. The van der Waals surface area contributed by atoms with Gasteiger partial charge in [0.15, 0.2) is 5.60 Å². The second-order valence-electron chi connectivity index (χ2n) is 3.76. The third-order valence-electron chi connectivity index (χ3n) is 1.88. The van der Waals surface area contributed by atoms with Gasteiger partial charge in [0.05, 0.1) is 6.61 Å². The molecule has 1 aliphatic rings. The van der Waals surface area contributed by atoms with E-state index in [4.69, 9.17) is 9.47 Å². The van der Waals surface area contributed by atoms with E-state index in [2.05, 4.69) is 0 Å². The maximum absolute atomic E-state index is 11.2. The van der Waals surface area contributed by atoms with E-state index >= 15 is 0 Å². The van der Waals surface area contributed by atoms with Crippen LogP contribution < -0.4 is 0 Å². The molecule has 0 aromatic rings. The highest BCUT2D eigenvalue weighted by atomic mass is 16.7. The maximum Gasteiger partial charge on any atom is 0.339 e. The summed E-state index contributed by atoms with van der Waals surface area (Å²) in [5.74, 6) is -0.626. The smallest absolute Gasteiger partial charge is 0.339 e. The normalized spacial score (nSPS) is 24.1. The van der Waals surface area contributed by atoms with Crippen molar-refractivity contribution in [2.24, 2.45) is 0 Å². The van der Waals surface area contributed by atoms with Crippen LogP contribution in [0.1, 0.15) is 33.1 Å². The Hall–Kier alpha value is -0.610. The van der Waals surface area contributed by atoms with E-state index in [-0.39, 0.29) is 0 Å². The lowest BCUT2D eigenvalue weighted by atomic mass is 10.1. The van der Waals surface area contributed by atoms with Gasteiger partial charge in [0, 0.05) is 6.42 Å².